The molecule has 6 rings (SSSR count). The predicted octanol–water partition coefficient (Wildman–Crippen LogP) is 5.69. The number of nitrogens with zero attached hydrogens (tertiary/aromatic N) is 4. The Morgan fingerprint density at radius 1 is 1.12 bits per heavy atom. The van der Waals surface area contributed by atoms with E-state index in [1.807, 2.05) is 12.3 Å². The molecule has 1 aliphatic carbocycles. The summed E-state index contributed by atoms with van der Waals surface area (Å²) in [6.07, 6.45) is 7.65. The number of hydrogen-bond donors (Lipinski definition) is 1. The molecule has 2 aliphatic rings. The topological polar surface area (TPSA) is 58.5 Å². The lowest BCUT2D eigenvalue weighted by molar-refractivity contribution is 0.0120. The Morgan fingerprint density at radius 3 is 2.62 bits per heavy atom. The molecule has 1 N–H and O–H groups in total. The summed E-state index contributed by atoms with van der Waals surface area (Å²) in [6.45, 7) is 5.77. The quantitative estimate of drug-likeness (QED) is 0.415. The molecule has 1 aromatic carbocycles. The molecule has 2 fully saturated rings. The van der Waals surface area contributed by atoms with Crippen LogP contribution in [-0.2, 0) is 0 Å². The maximum absolute atomic E-state index is 13.3. The molecular weight excluding hydrogens is 429 g/mol. The predicted molar refractivity (Wildman–Crippen MR) is 132 cm³/mol. The number of aromatic nitrogens is 4. The average Bonchev–Trinajstić information content (AvgIpc) is 3.45. The highest BCUT2D eigenvalue weighted by Crippen LogP contribution is 2.41. The smallest absolute Gasteiger partial charge is 0.197 e. The summed E-state index contributed by atoms with van der Waals surface area (Å²) >= 11 is 0. The fourth-order valence-electron chi connectivity index (χ4n) is 6.02. The third kappa shape index (κ3) is 3.57. The number of alkyl halides is 1. The Kier molecular flexibility index (Phi) is 5.32. The first kappa shape index (κ1) is 21.6. The van der Waals surface area contributed by atoms with Crippen LogP contribution in [0.4, 0.5) is 4.39 Å². The Balaban J connectivity index is 1.34. The lowest BCUT2D eigenvalue weighted by Gasteiger charge is -2.43. The van der Waals surface area contributed by atoms with Crippen LogP contribution in [0, 0.1) is 0 Å². The van der Waals surface area contributed by atoms with E-state index >= 15 is 0 Å². The van der Waals surface area contributed by atoms with Crippen LogP contribution in [0.25, 0.3) is 27.8 Å². The molecule has 34 heavy (non-hydrogen) atoms. The number of nitrogens with one attached hydrogen (secondary N) is 1. The molecule has 178 valence electrons. The Labute approximate surface area is 199 Å². The van der Waals surface area contributed by atoms with Gasteiger partial charge in [0, 0.05) is 41.8 Å². The van der Waals surface area contributed by atoms with E-state index in [9.17, 15) is 4.39 Å². The van der Waals surface area contributed by atoms with Crippen molar-refractivity contribution >= 4 is 16.6 Å². The Bertz CT molecular complexity index is 1330. The summed E-state index contributed by atoms with van der Waals surface area (Å²) in [5, 5.41) is 5.63. The van der Waals surface area contributed by atoms with Crippen molar-refractivity contribution in [2.24, 2.45) is 0 Å². The van der Waals surface area contributed by atoms with Crippen LogP contribution >= 0.6 is 0 Å². The van der Waals surface area contributed by atoms with Crippen molar-refractivity contribution in [2.45, 2.75) is 63.6 Å². The molecule has 0 radical (unpaired) electrons. The Morgan fingerprint density at radius 2 is 1.91 bits per heavy atom. The molecule has 3 aromatic heterocycles. The highest BCUT2D eigenvalue weighted by molar-refractivity contribution is 5.92. The molecule has 1 aliphatic heterocycles. The third-order valence-corrected chi connectivity index (χ3v) is 7.84. The summed E-state index contributed by atoms with van der Waals surface area (Å²) in [5.74, 6) is 1.64. The van der Waals surface area contributed by atoms with Crippen LogP contribution in [-0.4, -0.2) is 56.9 Å². The second-order valence-corrected chi connectivity index (χ2v) is 10.3. The van der Waals surface area contributed by atoms with Gasteiger partial charge in [-0.2, -0.15) is 5.10 Å². The fraction of sp³-hybridized carbons (Fsp3) is 0.481. The number of aromatic amines is 1. The van der Waals surface area contributed by atoms with Gasteiger partial charge in [-0.1, -0.05) is 19.9 Å². The van der Waals surface area contributed by atoms with Gasteiger partial charge in [0.05, 0.1) is 12.8 Å². The minimum atomic E-state index is -0.609. The third-order valence-electron chi connectivity index (χ3n) is 7.84. The monoisotopic (exact) mass is 461 g/mol. The molecule has 1 saturated heterocycles. The van der Waals surface area contributed by atoms with E-state index in [0.717, 1.165) is 16.8 Å². The zero-order valence-electron chi connectivity index (χ0n) is 20.1. The first-order chi connectivity index (χ1) is 16.5. The molecular formula is C27H32FN5O. The zero-order chi connectivity index (χ0) is 23.4. The van der Waals surface area contributed by atoms with Crippen molar-refractivity contribution in [3.05, 3.63) is 47.9 Å². The lowest BCUT2D eigenvalue weighted by atomic mass is 9.80. The highest BCUT2D eigenvalue weighted by atomic mass is 19.1. The number of benzene rings is 1. The number of ether oxygens (including phenoxy) is 1. The normalized spacial score (nSPS) is 22.0. The van der Waals surface area contributed by atoms with Crippen LogP contribution in [0.15, 0.2) is 36.8 Å². The molecule has 1 saturated carbocycles. The number of fused-ring (bicyclic) bond motifs is 2. The van der Waals surface area contributed by atoms with Gasteiger partial charge < -0.3 is 9.72 Å². The van der Waals surface area contributed by atoms with E-state index < -0.39 is 6.17 Å². The van der Waals surface area contributed by atoms with E-state index in [1.165, 1.54) is 42.2 Å². The van der Waals surface area contributed by atoms with Gasteiger partial charge >= 0.3 is 0 Å². The summed E-state index contributed by atoms with van der Waals surface area (Å²) in [7, 11) is 1.67. The van der Waals surface area contributed by atoms with Gasteiger partial charge in [-0.3, -0.25) is 4.90 Å². The number of halogens is 1. The number of methoxy groups -OCH3 is 1. The zero-order valence-corrected chi connectivity index (χ0v) is 20.1. The van der Waals surface area contributed by atoms with Gasteiger partial charge in [0.15, 0.2) is 11.4 Å². The number of H-pyrrole nitrogens is 1. The lowest BCUT2D eigenvalue weighted by Crippen LogP contribution is -2.54. The molecule has 0 amide bonds. The Hall–Kier alpha value is -2.93. The van der Waals surface area contributed by atoms with Crippen LogP contribution < -0.4 is 4.74 Å². The van der Waals surface area contributed by atoms with Crippen molar-refractivity contribution in [1.82, 2.24) is 24.5 Å². The molecule has 4 aromatic rings. The van der Waals surface area contributed by atoms with Crippen molar-refractivity contribution in [1.29, 1.82) is 0 Å². The van der Waals surface area contributed by atoms with E-state index in [2.05, 4.69) is 52.0 Å². The van der Waals surface area contributed by atoms with Gasteiger partial charge in [0.25, 0.3) is 0 Å². The molecule has 4 heterocycles. The van der Waals surface area contributed by atoms with Gasteiger partial charge in [-0.15, -0.1) is 0 Å². The maximum atomic E-state index is 13.3. The SMILES string of the molecule is COc1cc(-c2[nH]c3ccc(C4CCC(N5CC(F)C5)CC4)cc3c2C(C)C)cn2ncnc12. The fourth-order valence-corrected chi connectivity index (χ4v) is 6.02. The molecule has 0 atom stereocenters. The van der Waals surface area contributed by atoms with Gasteiger partial charge in [0.1, 0.15) is 12.5 Å². The number of rotatable bonds is 5. The number of likely N-dealkylation sites (tertiary alicyclic amines) is 1. The molecule has 0 spiro atoms. The van der Waals surface area contributed by atoms with Crippen molar-refractivity contribution in [3.63, 3.8) is 0 Å². The summed E-state index contributed by atoms with van der Waals surface area (Å²) in [6, 6.07) is 9.54. The second kappa shape index (κ2) is 8.38. The van der Waals surface area contributed by atoms with Crippen molar-refractivity contribution < 1.29 is 9.13 Å². The summed E-state index contributed by atoms with van der Waals surface area (Å²) in [4.78, 5) is 10.3. The van der Waals surface area contributed by atoms with Crippen LogP contribution in [0.5, 0.6) is 5.75 Å². The van der Waals surface area contributed by atoms with Crippen molar-refractivity contribution in [2.75, 3.05) is 20.2 Å². The van der Waals surface area contributed by atoms with E-state index in [1.54, 1.807) is 18.0 Å². The minimum Gasteiger partial charge on any atom is -0.493 e. The summed E-state index contributed by atoms with van der Waals surface area (Å²) in [5.41, 5.74) is 6.77. The van der Waals surface area contributed by atoms with Crippen LogP contribution in [0.2, 0.25) is 0 Å². The largest absolute Gasteiger partial charge is 0.493 e. The van der Waals surface area contributed by atoms with E-state index in [0.29, 0.717) is 42.4 Å². The maximum Gasteiger partial charge on any atom is 0.197 e. The van der Waals surface area contributed by atoms with Gasteiger partial charge in [0.2, 0.25) is 0 Å². The molecule has 7 heteroatoms. The van der Waals surface area contributed by atoms with E-state index in [4.69, 9.17) is 4.74 Å². The standard InChI is InChI=1S/C27H32FN5O/c1-16(2)25-22-10-18(17-4-7-21(8-5-17)32-13-20(28)14-32)6-9-23(22)31-26(25)19-11-24(34-3)27-29-15-30-33(27)12-19/h6,9-12,15-17,20-21,31H,4-5,7-8,13-14H2,1-3H3. The second-order valence-electron chi connectivity index (χ2n) is 10.3. The van der Waals surface area contributed by atoms with E-state index in [-0.39, 0.29) is 0 Å². The first-order valence-corrected chi connectivity index (χ1v) is 12.4. The van der Waals surface area contributed by atoms with Gasteiger partial charge in [-0.05, 0) is 66.8 Å². The minimum absolute atomic E-state index is 0.354. The van der Waals surface area contributed by atoms with Gasteiger partial charge in [-0.25, -0.2) is 13.9 Å². The molecule has 0 bridgehead atoms. The van der Waals surface area contributed by atoms with Crippen LogP contribution in [0.3, 0.4) is 0 Å². The van der Waals surface area contributed by atoms with Crippen LogP contribution in [0.1, 0.15) is 62.5 Å². The average molecular weight is 462 g/mol. The summed E-state index contributed by atoms with van der Waals surface area (Å²) < 4.78 is 20.7. The first-order valence-electron chi connectivity index (χ1n) is 12.4. The number of pyridine rings is 1. The molecule has 0 unspecified atom stereocenters. The molecule has 6 nitrogen and oxygen atoms in total. The van der Waals surface area contributed by atoms with Crippen molar-refractivity contribution in [3.8, 4) is 17.0 Å². The highest BCUT2D eigenvalue weighted by Gasteiger charge is 2.34. The number of hydrogen-bond acceptors (Lipinski definition) is 4.